The van der Waals surface area contributed by atoms with Crippen molar-refractivity contribution in [2.24, 2.45) is 0 Å². The van der Waals surface area contributed by atoms with Crippen molar-refractivity contribution < 1.29 is 0 Å². The van der Waals surface area contributed by atoms with Crippen LogP contribution >= 0.6 is 34.0 Å². The fourth-order valence-corrected chi connectivity index (χ4v) is 10.1. The molecular formula is C40H22N2S3. The average Bonchev–Trinajstić information content (AvgIpc) is 3.78. The molecule has 0 fully saturated rings. The summed E-state index contributed by atoms with van der Waals surface area (Å²) in [5.74, 6) is 0. The van der Waals surface area contributed by atoms with Crippen LogP contribution in [0.5, 0.6) is 0 Å². The molecular weight excluding hydrogens is 605 g/mol. The maximum absolute atomic E-state index is 5.20. The summed E-state index contributed by atoms with van der Waals surface area (Å²) in [6, 6.07) is 46.2. The Balaban J connectivity index is 1.07. The Hall–Kier alpha value is -4.94. The van der Waals surface area contributed by atoms with Crippen LogP contribution in [0.3, 0.4) is 0 Å². The predicted molar refractivity (Wildman–Crippen MR) is 197 cm³/mol. The first-order chi connectivity index (χ1) is 22.3. The maximum atomic E-state index is 5.20. The summed E-state index contributed by atoms with van der Waals surface area (Å²) in [7, 11) is 0. The smallest absolute Gasteiger partial charge is 0.143 e. The molecule has 0 amide bonds. The van der Waals surface area contributed by atoms with Gasteiger partial charge in [-0.05, 0) is 46.5 Å². The largest absolute Gasteiger partial charge is 0.243 e. The molecule has 5 heteroatoms. The van der Waals surface area contributed by atoms with Crippen molar-refractivity contribution in [3.8, 4) is 33.5 Å². The Labute approximate surface area is 270 Å². The van der Waals surface area contributed by atoms with E-state index in [0.29, 0.717) is 0 Å². The molecule has 0 aliphatic rings. The molecule has 0 radical (unpaired) electrons. The van der Waals surface area contributed by atoms with Crippen LogP contribution in [0.25, 0.3) is 94.3 Å². The lowest BCUT2D eigenvalue weighted by Gasteiger charge is -2.07. The van der Waals surface area contributed by atoms with Crippen LogP contribution in [-0.4, -0.2) is 9.97 Å². The van der Waals surface area contributed by atoms with E-state index in [1.807, 2.05) is 28.9 Å². The zero-order valence-electron chi connectivity index (χ0n) is 23.8. The van der Waals surface area contributed by atoms with Crippen molar-refractivity contribution in [3.63, 3.8) is 0 Å². The van der Waals surface area contributed by atoms with Gasteiger partial charge in [0.05, 0.1) is 11.9 Å². The molecule has 0 N–H and O–H groups in total. The Morgan fingerprint density at radius 2 is 1.02 bits per heavy atom. The van der Waals surface area contributed by atoms with Crippen molar-refractivity contribution in [3.05, 3.63) is 134 Å². The van der Waals surface area contributed by atoms with E-state index in [0.717, 1.165) is 27.0 Å². The molecule has 4 heterocycles. The highest BCUT2D eigenvalue weighted by Gasteiger charge is 2.15. The molecule has 0 bridgehead atoms. The Morgan fingerprint density at radius 1 is 0.422 bits per heavy atom. The summed E-state index contributed by atoms with van der Waals surface area (Å²) in [6.45, 7) is 0. The molecule has 0 aliphatic heterocycles. The standard InChI is InChI=1S/C40H22N2S3/c1-3-16-34-28(10-1)30-14-6-12-26(38(30)43-34)23-8-5-9-25(20-23)33-22-41-40-37(42-33)32-19-18-24(21-36(32)45-40)27-13-7-15-31-29-11-2-4-17-35(29)44-39(27)31/h1-22H. The van der Waals surface area contributed by atoms with Crippen LogP contribution in [0, 0.1) is 0 Å². The van der Waals surface area contributed by atoms with Gasteiger partial charge < -0.3 is 0 Å². The molecule has 0 aliphatic carbocycles. The van der Waals surface area contributed by atoms with Gasteiger partial charge in [0.1, 0.15) is 10.3 Å². The zero-order chi connectivity index (χ0) is 29.5. The number of fused-ring (bicyclic) bond motifs is 9. The van der Waals surface area contributed by atoms with Gasteiger partial charge in [0.15, 0.2) is 0 Å². The lowest BCUT2D eigenvalue weighted by molar-refractivity contribution is 1.32. The first-order valence-corrected chi connectivity index (χ1v) is 17.3. The van der Waals surface area contributed by atoms with Crippen LogP contribution in [0.15, 0.2) is 134 Å². The topological polar surface area (TPSA) is 25.8 Å². The number of aromatic nitrogens is 2. The van der Waals surface area contributed by atoms with Gasteiger partial charge in [0, 0.05) is 56.0 Å². The minimum atomic E-state index is 0.895. The van der Waals surface area contributed by atoms with E-state index < -0.39 is 0 Å². The van der Waals surface area contributed by atoms with Crippen molar-refractivity contribution >= 4 is 94.8 Å². The van der Waals surface area contributed by atoms with E-state index in [4.69, 9.17) is 9.97 Å². The van der Waals surface area contributed by atoms with Gasteiger partial charge in [0.25, 0.3) is 0 Å². The van der Waals surface area contributed by atoms with Crippen LogP contribution in [0.1, 0.15) is 0 Å². The monoisotopic (exact) mass is 626 g/mol. The number of nitrogens with zero attached hydrogens (tertiary/aromatic N) is 2. The molecule has 210 valence electrons. The third-order valence-electron chi connectivity index (χ3n) is 8.77. The van der Waals surface area contributed by atoms with E-state index >= 15 is 0 Å². The summed E-state index contributed by atoms with van der Waals surface area (Å²) in [4.78, 5) is 11.1. The highest BCUT2D eigenvalue weighted by molar-refractivity contribution is 7.27. The number of thiophene rings is 3. The van der Waals surface area contributed by atoms with Crippen LogP contribution < -0.4 is 0 Å². The average molecular weight is 627 g/mol. The van der Waals surface area contributed by atoms with Gasteiger partial charge in [-0.3, -0.25) is 0 Å². The van der Waals surface area contributed by atoms with E-state index in [2.05, 4.69) is 127 Å². The summed E-state index contributed by atoms with van der Waals surface area (Å²) >= 11 is 5.46. The molecule has 0 saturated heterocycles. The number of benzene rings is 6. The molecule has 0 saturated carbocycles. The third kappa shape index (κ3) is 3.91. The fraction of sp³-hybridized carbons (Fsp3) is 0. The lowest BCUT2D eigenvalue weighted by atomic mass is 10.00. The van der Waals surface area contributed by atoms with E-state index in [1.165, 1.54) is 67.3 Å². The summed E-state index contributed by atoms with van der Waals surface area (Å²) in [6.07, 6.45) is 1.93. The second-order valence-corrected chi connectivity index (χ2v) is 14.5. The van der Waals surface area contributed by atoms with Gasteiger partial charge in [-0.2, -0.15) is 0 Å². The Morgan fingerprint density at radius 3 is 1.73 bits per heavy atom. The predicted octanol–water partition coefficient (Wildman–Crippen LogP) is 12.6. The van der Waals surface area contributed by atoms with Gasteiger partial charge in [-0.1, -0.05) is 103 Å². The quantitative estimate of drug-likeness (QED) is 0.195. The van der Waals surface area contributed by atoms with Gasteiger partial charge in [-0.15, -0.1) is 34.0 Å². The molecule has 0 spiro atoms. The van der Waals surface area contributed by atoms with E-state index in [-0.39, 0.29) is 0 Å². The van der Waals surface area contributed by atoms with Gasteiger partial charge >= 0.3 is 0 Å². The number of hydrogen-bond donors (Lipinski definition) is 0. The highest BCUT2D eigenvalue weighted by Crippen LogP contribution is 2.43. The minimum absolute atomic E-state index is 0.895. The summed E-state index contributed by atoms with van der Waals surface area (Å²) in [5, 5.41) is 6.44. The van der Waals surface area contributed by atoms with Crippen LogP contribution in [0.4, 0.5) is 0 Å². The molecule has 10 aromatic rings. The first kappa shape index (κ1) is 25.4. The summed E-state index contributed by atoms with van der Waals surface area (Å²) in [5.41, 5.74) is 7.90. The number of rotatable bonds is 3. The normalized spacial score (nSPS) is 12.0. The van der Waals surface area contributed by atoms with Crippen molar-refractivity contribution in [2.75, 3.05) is 0 Å². The number of hydrogen-bond acceptors (Lipinski definition) is 5. The third-order valence-corrected chi connectivity index (χ3v) is 12.3. The van der Waals surface area contributed by atoms with Gasteiger partial charge in [-0.25, -0.2) is 9.97 Å². The molecule has 6 aromatic carbocycles. The van der Waals surface area contributed by atoms with E-state index in [1.54, 1.807) is 11.3 Å². The molecule has 4 aromatic heterocycles. The van der Waals surface area contributed by atoms with Crippen molar-refractivity contribution in [2.45, 2.75) is 0 Å². The molecule has 45 heavy (non-hydrogen) atoms. The fourth-order valence-electron chi connectivity index (χ4n) is 6.64. The van der Waals surface area contributed by atoms with Crippen LogP contribution in [0.2, 0.25) is 0 Å². The SMILES string of the molecule is c1cc(-c2cnc3sc4cc(-c5cccc6c5sc5ccccc56)ccc4c3n2)cc(-c2cccc3c2sc2ccccc23)c1. The molecule has 2 nitrogen and oxygen atoms in total. The second kappa shape index (κ2) is 9.78. The Kier molecular flexibility index (Phi) is 5.52. The second-order valence-electron chi connectivity index (χ2n) is 11.4. The molecule has 0 atom stereocenters. The maximum Gasteiger partial charge on any atom is 0.143 e. The summed E-state index contributed by atoms with van der Waals surface area (Å²) < 4.78 is 6.52. The highest BCUT2D eigenvalue weighted by atomic mass is 32.1. The first-order valence-electron chi connectivity index (χ1n) is 14.9. The van der Waals surface area contributed by atoms with Crippen molar-refractivity contribution in [1.82, 2.24) is 9.97 Å². The van der Waals surface area contributed by atoms with Gasteiger partial charge in [0.2, 0.25) is 0 Å². The lowest BCUT2D eigenvalue weighted by Crippen LogP contribution is -1.87. The Bertz CT molecular complexity index is 2780. The minimum Gasteiger partial charge on any atom is -0.243 e. The van der Waals surface area contributed by atoms with Crippen molar-refractivity contribution in [1.29, 1.82) is 0 Å². The zero-order valence-corrected chi connectivity index (χ0v) is 26.3. The van der Waals surface area contributed by atoms with Crippen LogP contribution in [-0.2, 0) is 0 Å². The molecule has 10 rings (SSSR count). The molecule has 0 unspecified atom stereocenters. The van der Waals surface area contributed by atoms with E-state index in [9.17, 15) is 0 Å².